The van der Waals surface area contributed by atoms with E-state index in [1.165, 1.54) is 12.1 Å². The minimum absolute atomic E-state index is 0.123. The van der Waals surface area contributed by atoms with Crippen molar-refractivity contribution in [2.24, 2.45) is 0 Å². The Kier molecular flexibility index (Phi) is 4.92. The van der Waals surface area contributed by atoms with Crippen LogP contribution in [0.5, 0.6) is 0 Å². The van der Waals surface area contributed by atoms with Gasteiger partial charge in [0.2, 0.25) is 0 Å². The minimum Gasteiger partial charge on any atom is -0.451 e. The van der Waals surface area contributed by atoms with Gasteiger partial charge in [-0.1, -0.05) is 23.2 Å². The number of nitrogens with one attached hydrogen (secondary N) is 1. The molecule has 0 aliphatic carbocycles. The van der Waals surface area contributed by atoms with Gasteiger partial charge >= 0.3 is 0 Å². The Bertz CT molecular complexity index is 1020. The predicted octanol–water partition coefficient (Wildman–Crippen LogP) is 5.55. The first-order chi connectivity index (χ1) is 12.3. The smallest absolute Gasteiger partial charge is 0.291 e. The van der Waals surface area contributed by atoms with Crippen molar-refractivity contribution in [2.75, 3.05) is 5.32 Å². The molecule has 0 saturated carbocycles. The number of nitrogens with zero attached hydrogens (tertiary/aromatic N) is 1. The monoisotopic (exact) mass is 394 g/mol. The van der Waals surface area contributed by atoms with Crippen molar-refractivity contribution in [2.45, 2.75) is 0 Å². The SMILES string of the molecule is O=C(Nc1cc([N+](=O)[O-])ccc1F)c1ccc(-c2cc(Cl)ccc2Cl)o1. The van der Waals surface area contributed by atoms with E-state index in [9.17, 15) is 19.3 Å². The van der Waals surface area contributed by atoms with Crippen LogP contribution in [0.4, 0.5) is 15.8 Å². The second-order valence-corrected chi connectivity index (χ2v) is 6.01. The number of anilines is 1. The summed E-state index contributed by atoms with van der Waals surface area (Å²) in [5.41, 5.74) is -0.199. The van der Waals surface area contributed by atoms with E-state index in [1.54, 1.807) is 18.2 Å². The lowest BCUT2D eigenvalue weighted by molar-refractivity contribution is -0.384. The molecule has 9 heteroatoms. The summed E-state index contributed by atoms with van der Waals surface area (Å²) in [4.78, 5) is 22.3. The van der Waals surface area contributed by atoms with Crippen LogP contribution in [-0.4, -0.2) is 10.8 Å². The molecule has 2 aromatic carbocycles. The molecule has 26 heavy (non-hydrogen) atoms. The Hall–Kier alpha value is -2.90. The first kappa shape index (κ1) is 17.9. The maximum absolute atomic E-state index is 13.8. The van der Waals surface area contributed by atoms with Crippen LogP contribution >= 0.6 is 23.2 Å². The third-order valence-corrected chi connectivity index (χ3v) is 4.00. The average molecular weight is 395 g/mol. The van der Waals surface area contributed by atoms with E-state index in [0.29, 0.717) is 21.4 Å². The number of carbonyl (C=O) groups excluding carboxylic acids is 1. The summed E-state index contributed by atoms with van der Waals surface area (Å²) < 4.78 is 19.2. The van der Waals surface area contributed by atoms with Gasteiger partial charge in [0, 0.05) is 22.7 Å². The lowest BCUT2D eigenvalue weighted by Crippen LogP contribution is -2.12. The summed E-state index contributed by atoms with van der Waals surface area (Å²) in [6.07, 6.45) is 0. The number of amides is 1. The van der Waals surface area contributed by atoms with Crippen LogP contribution in [0.25, 0.3) is 11.3 Å². The number of halogens is 3. The molecule has 0 spiro atoms. The molecule has 6 nitrogen and oxygen atoms in total. The normalized spacial score (nSPS) is 10.6. The molecule has 0 saturated heterocycles. The fraction of sp³-hybridized carbons (Fsp3) is 0. The van der Waals surface area contributed by atoms with E-state index in [4.69, 9.17) is 27.6 Å². The van der Waals surface area contributed by atoms with Crippen molar-refractivity contribution in [1.29, 1.82) is 0 Å². The van der Waals surface area contributed by atoms with E-state index in [1.807, 2.05) is 0 Å². The average Bonchev–Trinajstić information content (AvgIpc) is 3.08. The predicted molar refractivity (Wildman–Crippen MR) is 95.2 cm³/mol. The molecule has 0 aliphatic heterocycles. The van der Waals surface area contributed by atoms with Crippen molar-refractivity contribution in [3.8, 4) is 11.3 Å². The summed E-state index contributed by atoms with van der Waals surface area (Å²) in [7, 11) is 0. The number of rotatable bonds is 4. The van der Waals surface area contributed by atoms with E-state index in [-0.39, 0.29) is 17.1 Å². The number of nitro benzene ring substituents is 1. The molecule has 0 aliphatic rings. The third kappa shape index (κ3) is 3.68. The fourth-order valence-corrected chi connectivity index (χ4v) is 2.58. The van der Waals surface area contributed by atoms with Crippen molar-refractivity contribution < 1.29 is 18.5 Å². The number of hydrogen-bond donors (Lipinski definition) is 1. The standard InChI is InChI=1S/C17H9Cl2FN2O4/c18-9-1-3-12(19)11(7-9)15-5-6-16(26-15)17(23)21-14-8-10(22(24)25)2-4-13(14)20/h1-8H,(H,21,23). The summed E-state index contributed by atoms with van der Waals surface area (Å²) in [6.45, 7) is 0. The highest BCUT2D eigenvalue weighted by atomic mass is 35.5. The van der Waals surface area contributed by atoms with Gasteiger partial charge in [-0.15, -0.1) is 0 Å². The molecule has 0 radical (unpaired) electrons. The van der Waals surface area contributed by atoms with Gasteiger partial charge in [0.1, 0.15) is 11.6 Å². The summed E-state index contributed by atoms with van der Waals surface area (Å²) in [5.74, 6) is -1.41. The molecule has 0 bridgehead atoms. The highest BCUT2D eigenvalue weighted by Crippen LogP contribution is 2.32. The van der Waals surface area contributed by atoms with Gasteiger partial charge < -0.3 is 9.73 Å². The second kappa shape index (κ2) is 7.15. The van der Waals surface area contributed by atoms with E-state index in [0.717, 1.165) is 18.2 Å². The van der Waals surface area contributed by atoms with E-state index in [2.05, 4.69) is 5.32 Å². The molecule has 3 aromatic rings. The Morgan fingerprint density at radius 2 is 1.88 bits per heavy atom. The summed E-state index contributed by atoms with van der Waals surface area (Å²) >= 11 is 12.0. The lowest BCUT2D eigenvalue weighted by atomic mass is 10.2. The van der Waals surface area contributed by atoms with Gasteiger partial charge in [0.25, 0.3) is 11.6 Å². The molecule has 1 aromatic heterocycles. The van der Waals surface area contributed by atoms with Crippen LogP contribution < -0.4 is 5.32 Å². The van der Waals surface area contributed by atoms with Gasteiger partial charge in [-0.2, -0.15) is 0 Å². The number of benzene rings is 2. The summed E-state index contributed by atoms with van der Waals surface area (Å²) in [5, 5.41) is 13.8. The summed E-state index contributed by atoms with van der Waals surface area (Å²) in [6, 6.07) is 10.5. The molecular formula is C17H9Cl2FN2O4. The van der Waals surface area contributed by atoms with Crippen molar-refractivity contribution in [1.82, 2.24) is 0 Å². The molecular weight excluding hydrogens is 386 g/mol. The number of nitro groups is 1. The van der Waals surface area contributed by atoms with Crippen molar-refractivity contribution >= 4 is 40.5 Å². The molecule has 132 valence electrons. The molecule has 3 rings (SSSR count). The Morgan fingerprint density at radius 1 is 1.12 bits per heavy atom. The highest BCUT2D eigenvalue weighted by molar-refractivity contribution is 6.35. The minimum atomic E-state index is -0.811. The van der Waals surface area contributed by atoms with Crippen LogP contribution in [0.3, 0.4) is 0 Å². The van der Waals surface area contributed by atoms with Gasteiger partial charge in [-0.3, -0.25) is 14.9 Å². The largest absolute Gasteiger partial charge is 0.451 e. The molecule has 1 amide bonds. The number of non-ortho nitro benzene ring substituents is 1. The zero-order valence-corrected chi connectivity index (χ0v) is 14.3. The Balaban J connectivity index is 1.86. The van der Waals surface area contributed by atoms with Gasteiger partial charge in [-0.25, -0.2) is 4.39 Å². The maximum Gasteiger partial charge on any atom is 0.291 e. The quantitative estimate of drug-likeness (QED) is 0.463. The zero-order valence-electron chi connectivity index (χ0n) is 12.8. The van der Waals surface area contributed by atoms with Crippen LogP contribution in [0.15, 0.2) is 52.9 Å². The van der Waals surface area contributed by atoms with Crippen molar-refractivity contribution in [3.05, 3.63) is 80.3 Å². The molecule has 0 fully saturated rings. The topological polar surface area (TPSA) is 85.4 Å². The van der Waals surface area contributed by atoms with E-state index < -0.39 is 16.6 Å². The molecule has 1 heterocycles. The Morgan fingerprint density at radius 3 is 2.62 bits per heavy atom. The highest BCUT2D eigenvalue weighted by Gasteiger charge is 2.18. The van der Waals surface area contributed by atoms with Crippen LogP contribution in [-0.2, 0) is 0 Å². The van der Waals surface area contributed by atoms with Gasteiger partial charge in [-0.05, 0) is 36.4 Å². The number of furan rings is 1. The zero-order chi connectivity index (χ0) is 18.8. The van der Waals surface area contributed by atoms with E-state index >= 15 is 0 Å². The number of carbonyl (C=O) groups is 1. The van der Waals surface area contributed by atoms with Crippen LogP contribution in [0, 0.1) is 15.9 Å². The van der Waals surface area contributed by atoms with Crippen LogP contribution in [0.2, 0.25) is 10.0 Å². The fourth-order valence-electron chi connectivity index (χ4n) is 2.20. The Labute approximate surface area is 156 Å². The first-order valence-corrected chi connectivity index (χ1v) is 7.91. The molecule has 0 atom stereocenters. The van der Waals surface area contributed by atoms with Crippen LogP contribution in [0.1, 0.15) is 10.6 Å². The maximum atomic E-state index is 13.8. The van der Waals surface area contributed by atoms with Crippen molar-refractivity contribution in [3.63, 3.8) is 0 Å². The number of hydrogen-bond acceptors (Lipinski definition) is 4. The molecule has 0 unspecified atom stereocenters. The van der Waals surface area contributed by atoms with Gasteiger partial charge in [0.05, 0.1) is 15.6 Å². The first-order valence-electron chi connectivity index (χ1n) is 7.15. The third-order valence-electron chi connectivity index (χ3n) is 3.43. The second-order valence-electron chi connectivity index (χ2n) is 5.16. The lowest BCUT2D eigenvalue weighted by Gasteiger charge is -2.05. The molecule has 1 N–H and O–H groups in total. The van der Waals surface area contributed by atoms with Gasteiger partial charge in [0.15, 0.2) is 5.76 Å².